The molecule has 0 spiro atoms. The zero-order chi connectivity index (χ0) is 33.0. The first kappa shape index (κ1) is 33.0. The molecule has 1 heterocycles. The third-order valence-corrected chi connectivity index (χ3v) is 8.57. The van der Waals surface area contributed by atoms with E-state index in [9.17, 15) is 19.5 Å². The maximum atomic E-state index is 14.3. The lowest BCUT2D eigenvalue weighted by atomic mass is 9.73. The van der Waals surface area contributed by atoms with E-state index in [1.807, 2.05) is 63.2 Å². The Bertz CT molecular complexity index is 1650. The molecule has 46 heavy (non-hydrogen) atoms. The molecule has 10 heteroatoms. The number of hydrogen-bond donors (Lipinski definition) is 3. The Kier molecular flexibility index (Phi) is 10.0. The standard InChI is InChI=1S/C36H41ClN4O5/c1-36(2)20-27-33(30(43)21-36)35(25-14-13-24(19-26(25)37)46-22-23-9-6-5-7-10-23)41(28-11-8-12-29(42)34(28)39-27)32(45)16-15-31(44)38-17-18-40(3)4/h5-14,19,35,39,42H,15-18,20-22H2,1-4H3,(H,38,44). The number of ketones is 1. The number of Topliss-reactive ketones (excluding diaryl/α,β-unsaturated/α-hetero) is 1. The monoisotopic (exact) mass is 644 g/mol. The van der Waals surface area contributed by atoms with Gasteiger partial charge in [-0.1, -0.05) is 67.9 Å². The van der Waals surface area contributed by atoms with Gasteiger partial charge in [-0.15, -0.1) is 0 Å². The van der Waals surface area contributed by atoms with E-state index in [1.165, 1.54) is 11.0 Å². The van der Waals surface area contributed by atoms with E-state index in [0.717, 1.165) is 5.56 Å². The number of para-hydroxylation sites is 1. The number of aromatic hydroxyl groups is 1. The molecule has 242 valence electrons. The number of nitrogens with zero attached hydrogens (tertiary/aromatic N) is 2. The van der Waals surface area contributed by atoms with Gasteiger partial charge >= 0.3 is 0 Å². The predicted molar refractivity (Wildman–Crippen MR) is 180 cm³/mol. The number of likely N-dealkylation sites (N-methyl/N-ethyl adjacent to an activating group) is 1. The summed E-state index contributed by atoms with van der Waals surface area (Å²) in [7, 11) is 3.83. The first-order valence-electron chi connectivity index (χ1n) is 15.5. The van der Waals surface area contributed by atoms with Crippen molar-refractivity contribution in [2.75, 3.05) is 37.4 Å². The molecule has 1 atom stereocenters. The fourth-order valence-corrected chi connectivity index (χ4v) is 6.30. The highest BCUT2D eigenvalue weighted by Gasteiger charge is 2.44. The lowest BCUT2D eigenvalue weighted by Crippen LogP contribution is -2.40. The van der Waals surface area contributed by atoms with Gasteiger partial charge in [-0.2, -0.15) is 0 Å². The lowest BCUT2D eigenvalue weighted by molar-refractivity contribution is -0.125. The van der Waals surface area contributed by atoms with Gasteiger partial charge < -0.3 is 25.4 Å². The molecule has 2 aliphatic rings. The minimum absolute atomic E-state index is 0.0378. The fraction of sp³-hybridized carbons (Fsp3) is 0.361. The number of amides is 2. The number of phenols is 1. The molecule has 0 saturated carbocycles. The Morgan fingerprint density at radius 3 is 2.54 bits per heavy atom. The van der Waals surface area contributed by atoms with Crippen LogP contribution in [0, 0.1) is 5.41 Å². The Morgan fingerprint density at radius 2 is 1.83 bits per heavy atom. The van der Waals surface area contributed by atoms with Crippen LogP contribution in [0.4, 0.5) is 11.4 Å². The Hall–Kier alpha value is -4.34. The van der Waals surface area contributed by atoms with Crippen molar-refractivity contribution >= 4 is 40.6 Å². The fourth-order valence-electron chi connectivity index (χ4n) is 6.02. The van der Waals surface area contributed by atoms with Gasteiger partial charge in [-0.05, 0) is 61.3 Å². The molecule has 1 aliphatic heterocycles. The van der Waals surface area contributed by atoms with Crippen LogP contribution >= 0.6 is 11.6 Å². The molecular formula is C36H41ClN4O5. The summed E-state index contributed by atoms with van der Waals surface area (Å²) in [6, 6.07) is 19.0. The van der Waals surface area contributed by atoms with Gasteiger partial charge in [0.25, 0.3) is 0 Å². The summed E-state index contributed by atoms with van der Waals surface area (Å²) < 4.78 is 6.02. The maximum Gasteiger partial charge on any atom is 0.228 e. The number of carbonyl (C=O) groups excluding carboxylic acids is 3. The molecular weight excluding hydrogens is 604 g/mol. The number of nitrogens with one attached hydrogen (secondary N) is 2. The van der Waals surface area contributed by atoms with E-state index < -0.39 is 6.04 Å². The molecule has 5 rings (SSSR count). The average molecular weight is 645 g/mol. The van der Waals surface area contributed by atoms with E-state index in [4.69, 9.17) is 16.3 Å². The molecule has 0 fully saturated rings. The van der Waals surface area contributed by atoms with Crippen LogP contribution in [-0.2, 0) is 21.0 Å². The summed E-state index contributed by atoms with van der Waals surface area (Å²) >= 11 is 6.98. The molecule has 9 nitrogen and oxygen atoms in total. The van der Waals surface area contributed by atoms with E-state index >= 15 is 0 Å². The van der Waals surface area contributed by atoms with E-state index in [1.54, 1.807) is 30.3 Å². The summed E-state index contributed by atoms with van der Waals surface area (Å²) in [5.74, 6) is -0.260. The highest BCUT2D eigenvalue weighted by Crippen LogP contribution is 2.51. The van der Waals surface area contributed by atoms with Crippen LogP contribution in [-0.4, -0.2) is 54.8 Å². The van der Waals surface area contributed by atoms with Gasteiger partial charge in [-0.25, -0.2) is 0 Å². The Labute approximate surface area is 275 Å². The first-order valence-corrected chi connectivity index (χ1v) is 15.9. The third-order valence-electron chi connectivity index (χ3n) is 8.24. The van der Waals surface area contributed by atoms with Gasteiger partial charge in [0.05, 0.1) is 11.7 Å². The quantitative estimate of drug-likeness (QED) is 0.225. The molecule has 0 saturated heterocycles. The summed E-state index contributed by atoms with van der Waals surface area (Å²) in [6.07, 6.45) is 0.643. The van der Waals surface area contributed by atoms with Crippen molar-refractivity contribution in [3.63, 3.8) is 0 Å². The van der Waals surface area contributed by atoms with Crippen molar-refractivity contribution < 1.29 is 24.2 Å². The molecule has 1 aliphatic carbocycles. The number of benzene rings is 3. The number of fused-ring (bicyclic) bond motifs is 1. The van der Waals surface area contributed by atoms with E-state index in [2.05, 4.69) is 10.6 Å². The van der Waals surface area contributed by atoms with Crippen molar-refractivity contribution in [3.05, 3.63) is 94.1 Å². The zero-order valence-electron chi connectivity index (χ0n) is 26.7. The van der Waals surface area contributed by atoms with Crippen LogP contribution in [0.2, 0.25) is 5.02 Å². The number of carbonyl (C=O) groups is 3. The second-order valence-corrected chi connectivity index (χ2v) is 13.3. The molecule has 3 N–H and O–H groups in total. The highest BCUT2D eigenvalue weighted by molar-refractivity contribution is 6.31. The second kappa shape index (κ2) is 14.0. The largest absolute Gasteiger partial charge is 0.506 e. The van der Waals surface area contributed by atoms with Crippen molar-refractivity contribution in [1.29, 1.82) is 0 Å². The molecule has 2 amide bonds. The predicted octanol–water partition coefficient (Wildman–Crippen LogP) is 6.23. The Balaban J connectivity index is 1.56. The number of anilines is 2. The number of ether oxygens (including phenoxy) is 1. The highest BCUT2D eigenvalue weighted by atomic mass is 35.5. The van der Waals surface area contributed by atoms with Gasteiger partial charge in [0, 0.05) is 48.6 Å². The first-order chi connectivity index (χ1) is 21.9. The topological polar surface area (TPSA) is 111 Å². The average Bonchev–Trinajstić information content (AvgIpc) is 3.14. The van der Waals surface area contributed by atoms with Gasteiger partial charge in [0.1, 0.15) is 23.8 Å². The number of phenolic OH excluding ortho intramolecular Hbond substituents is 1. The molecule has 1 unspecified atom stereocenters. The SMILES string of the molecule is CN(C)CCNC(=O)CCC(=O)N1c2cccc(O)c2NC2=C(C(=O)CC(C)(C)C2)C1c1ccc(OCc2ccccc2)cc1Cl. The van der Waals surface area contributed by atoms with Crippen LogP contribution in [0.25, 0.3) is 0 Å². The van der Waals surface area contributed by atoms with Crippen molar-refractivity contribution in [3.8, 4) is 11.5 Å². The van der Waals surface area contributed by atoms with Crippen LogP contribution in [0.3, 0.4) is 0 Å². The molecule has 3 aromatic carbocycles. The zero-order valence-corrected chi connectivity index (χ0v) is 27.5. The molecule has 0 aromatic heterocycles. The summed E-state index contributed by atoms with van der Waals surface area (Å²) in [6.45, 7) is 5.52. The van der Waals surface area contributed by atoms with Crippen molar-refractivity contribution in [1.82, 2.24) is 10.2 Å². The van der Waals surface area contributed by atoms with Crippen LogP contribution in [0.1, 0.15) is 56.7 Å². The van der Waals surface area contributed by atoms with Crippen LogP contribution < -0.4 is 20.3 Å². The molecule has 0 radical (unpaired) electrons. The summed E-state index contributed by atoms with van der Waals surface area (Å²) in [5, 5.41) is 17.5. The minimum atomic E-state index is -0.908. The van der Waals surface area contributed by atoms with Gasteiger partial charge in [-0.3, -0.25) is 19.3 Å². The van der Waals surface area contributed by atoms with Gasteiger partial charge in [0.2, 0.25) is 11.8 Å². The Morgan fingerprint density at radius 1 is 1.07 bits per heavy atom. The smallest absolute Gasteiger partial charge is 0.228 e. The number of halogens is 1. The third kappa shape index (κ3) is 7.54. The van der Waals surface area contributed by atoms with Crippen molar-refractivity contribution in [2.24, 2.45) is 5.41 Å². The lowest BCUT2D eigenvalue weighted by Gasteiger charge is -2.37. The van der Waals surface area contributed by atoms with Crippen LogP contribution in [0.5, 0.6) is 11.5 Å². The summed E-state index contributed by atoms with van der Waals surface area (Å²) in [4.78, 5) is 44.5. The molecule has 0 bridgehead atoms. The van der Waals surface area contributed by atoms with Gasteiger partial charge in [0.15, 0.2) is 5.78 Å². The normalized spacial score (nSPS) is 17.1. The number of allylic oxidation sites excluding steroid dienone is 1. The maximum absolute atomic E-state index is 14.3. The number of hydrogen-bond acceptors (Lipinski definition) is 7. The van der Waals surface area contributed by atoms with E-state index in [-0.39, 0.29) is 48.0 Å². The summed E-state index contributed by atoms with van der Waals surface area (Å²) in [5.41, 5.74) is 2.96. The van der Waals surface area contributed by atoms with Crippen molar-refractivity contribution in [2.45, 2.75) is 52.2 Å². The minimum Gasteiger partial charge on any atom is -0.506 e. The van der Waals surface area contributed by atoms with E-state index in [0.29, 0.717) is 65.1 Å². The number of rotatable bonds is 10. The molecule has 3 aromatic rings. The second-order valence-electron chi connectivity index (χ2n) is 12.9. The van der Waals surface area contributed by atoms with Crippen LogP contribution in [0.15, 0.2) is 78.0 Å².